The SMILES string of the molecule is CC(C)(C)OC(=O)NOC(=O)OC(C)(C)C.ONCc1cc2c(cc1Cl)OCCO2. The first-order chi connectivity index (χ1) is 13.8. The zero-order valence-electron chi connectivity index (χ0n) is 18.0. The van der Waals surface area contributed by atoms with Crippen molar-refractivity contribution in [3.05, 3.63) is 22.7 Å². The maximum atomic E-state index is 11.1. The molecule has 0 bridgehead atoms. The Morgan fingerprint density at radius 3 is 2.07 bits per heavy atom. The number of hydrogen-bond donors (Lipinski definition) is 3. The molecule has 0 saturated carbocycles. The van der Waals surface area contributed by atoms with Gasteiger partial charge in [0.25, 0.3) is 0 Å². The number of nitrogens with one attached hydrogen (secondary N) is 2. The minimum absolute atomic E-state index is 0.287. The maximum Gasteiger partial charge on any atom is 0.533 e. The Bertz CT molecular complexity index is 700. The summed E-state index contributed by atoms with van der Waals surface area (Å²) in [5.74, 6) is 1.33. The molecule has 0 aromatic heterocycles. The Kier molecular flexibility index (Phi) is 9.47. The number of carbonyl (C=O) groups is 2. The lowest BCUT2D eigenvalue weighted by Crippen LogP contribution is -2.35. The van der Waals surface area contributed by atoms with Crippen LogP contribution in [0.5, 0.6) is 11.5 Å². The number of rotatable bonds is 2. The van der Waals surface area contributed by atoms with Crippen LogP contribution in [0.4, 0.5) is 9.59 Å². The third-order valence-corrected chi connectivity index (χ3v) is 3.34. The van der Waals surface area contributed by atoms with E-state index in [1.807, 2.05) is 5.48 Å². The van der Waals surface area contributed by atoms with E-state index in [4.69, 9.17) is 35.8 Å². The van der Waals surface area contributed by atoms with E-state index in [1.54, 1.807) is 53.7 Å². The van der Waals surface area contributed by atoms with Crippen LogP contribution in [0.3, 0.4) is 0 Å². The van der Waals surface area contributed by atoms with Crippen LogP contribution in [0.25, 0.3) is 0 Å². The molecule has 0 saturated heterocycles. The van der Waals surface area contributed by atoms with Crippen molar-refractivity contribution in [1.82, 2.24) is 11.0 Å². The van der Waals surface area contributed by atoms with Crippen molar-refractivity contribution in [1.29, 1.82) is 0 Å². The molecule has 170 valence electrons. The number of hydroxylamine groups is 2. The summed E-state index contributed by atoms with van der Waals surface area (Å²) in [6.45, 7) is 11.5. The van der Waals surface area contributed by atoms with Gasteiger partial charge in [0.2, 0.25) is 0 Å². The molecule has 11 heteroatoms. The van der Waals surface area contributed by atoms with Crippen LogP contribution in [0.15, 0.2) is 12.1 Å². The highest BCUT2D eigenvalue weighted by Gasteiger charge is 2.21. The molecule has 0 radical (unpaired) electrons. The van der Waals surface area contributed by atoms with Gasteiger partial charge in [0, 0.05) is 17.6 Å². The van der Waals surface area contributed by atoms with Gasteiger partial charge in [0.1, 0.15) is 24.4 Å². The minimum atomic E-state index is -0.988. The molecule has 1 aromatic carbocycles. The van der Waals surface area contributed by atoms with Crippen LogP contribution in [-0.4, -0.2) is 41.9 Å². The number of halogens is 1. The highest BCUT2D eigenvalue weighted by molar-refractivity contribution is 6.31. The minimum Gasteiger partial charge on any atom is -0.486 e. The van der Waals surface area contributed by atoms with Crippen molar-refractivity contribution in [2.45, 2.75) is 59.3 Å². The molecule has 1 aliphatic rings. The normalized spacial score (nSPS) is 12.8. The number of hydrogen-bond acceptors (Lipinski definition) is 9. The van der Waals surface area contributed by atoms with Crippen LogP contribution < -0.4 is 20.4 Å². The summed E-state index contributed by atoms with van der Waals surface area (Å²) in [7, 11) is 0. The smallest absolute Gasteiger partial charge is 0.486 e. The standard InChI is InChI=1S/C10H19NO5.C9H10ClNO3/c1-9(2,3)14-7(12)11-16-8(13)15-10(4,5)6;10-7-4-9-8(13-1-2-14-9)3-6(7)5-11-12/h1-6H3,(H,11,12);3-4,11-12H,1-2,5H2. The highest BCUT2D eigenvalue weighted by atomic mass is 35.5. The van der Waals surface area contributed by atoms with Crippen molar-refractivity contribution < 1.29 is 38.6 Å². The van der Waals surface area contributed by atoms with Gasteiger partial charge in [-0.3, -0.25) is 0 Å². The lowest BCUT2D eigenvalue weighted by Gasteiger charge is -2.20. The van der Waals surface area contributed by atoms with E-state index in [0.717, 1.165) is 5.56 Å². The Morgan fingerprint density at radius 2 is 1.57 bits per heavy atom. The lowest BCUT2D eigenvalue weighted by atomic mass is 10.2. The van der Waals surface area contributed by atoms with Gasteiger partial charge < -0.3 is 29.0 Å². The first-order valence-electron chi connectivity index (χ1n) is 9.14. The summed E-state index contributed by atoms with van der Waals surface area (Å²) in [4.78, 5) is 26.4. The molecular formula is C19H29ClN2O8. The van der Waals surface area contributed by atoms with Gasteiger partial charge >= 0.3 is 12.2 Å². The average molecular weight is 449 g/mol. The molecule has 0 spiro atoms. The Labute approximate surface area is 180 Å². The fourth-order valence-corrected chi connectivity index (χ4v) is 2.20. The predicted molar refractivity (Wildman–Crippen MR) is 108 cm³/mol. The summed E-state index contributed by atoms with van der Waals surface area (Å²) in [5.41, 5.74) is 3.33. The van der Waals surface area contributed by atoms with Crippen molar-refractivity contribution >= 4 is 23.8 Å². The van der Waals surface area contributed by atoms with Gasteiger partial charge in [-0.15, -0.1) is 5.48 Å². The molecule has 0 fully saturated rings. The quantitative estimate of drug-likeness (QED) is 0.455. The van der Waals surface area contributed by atoms with Crippen molar-refractivity contribution in [2.24, 2.45) is 0 Å². The number of amides is 1. The molecule has 2 rings (SSSR count). The molecule has 0 atom stereocenters. The third kappa shape index (κ3) is 10.4. The largest absolute Gasteiger partial charge is 0.533 e. The fourth-order valence-electron chi connectivity index (χ4n) is 1.98. The first-order valence-corrected chi connectivity index (χ1v) is 9.52. The molecule has 1 heterocycles. The van der Waals surface area contributed by atoms with Gasteiger partial charge in [-0.05, 0) is 53.2 Å². The molecule has 30 heavy (non-hydrogen) atoms. The maximum absolute atomic E-state index is 11.1. The van der Waals surface area contributed by atoms with E-state index in [2.05, 4.69) is 10.3 Å². The van der Waals surface area contributed by atoms with Crippen molar-refractivity contribution in [3.63, 3.8) is 0 Å². The predicted octanol–water partition coefficient (Wildman–Crippen LogP) is 3.97. The van der Waals surface area contributed by atoms with Crippen LogP contribution in [0.1, 0.15) is 47.1 Å². The van der Waals surface area contributed by atoms with E-state index in [9.17, 15) is 9.59 Å². The highest BCUT2D eigenvalue weighted by Crippen LogP contribution is 2.35. The van der Waals surface area contributed by atoms with Gasteiger partial charge in [-0.2, -0.15) is 0 Å². The second-order valence-corrected chi connectivity index (χ2v) is 8.50. The summed E-state index contributed by atoms with van der Waals surface area (Å²) in [6.07, 6.45) is -1.84. The summed E-state index contributed by atoms with van der Waals surface area (Å²) < 4.78 is 20.3. The van der Waals surface area contributed by atoms with E-state index >= 15 is 0 Å². The molecule has 10 nitrogen and oxygen atoms in total. The van der Waals surface area contributed by atoms with Crippen LogP contribution in [0, 0.1) is 0 Å². The number of carbonyl (C=O) groups excluding carboxylic acids is 2. The lowest BCUT2D eigenvalue weighted by molar-refractivity contribution is -0.0404. The van der Waals surface area contributed by atoms with E-state index in [0.29, 0.717) is 29.7 Å². The zero-order chi connectivity index (χ0) is 22.9. The van der Waals surface area contributed by atoms with Crippen molar-refractivity contribution in [2.75, 3.05) is 13.2 Å². The summed E-state index contributed by atoms with van der Waals surface area (Å²) in [5, 5.41) is 9.12. The van der Waals surface area contributed by atoms with E-state index in [1.165, 1.54) is 0 Å². The van der Waals surface area contributed by atoms with E-state index in [-0.39, 0.29) is 6.54 Å². The van der Waals surface area contributed by atoms with E-state index < -0.39 is 23.5 Å². The molecule has 0 unspecified atom stereocenters. The Morgan fingerprint density at radius 1 is 1.03 bits per heavy atom. The molecule has 1 aromatic rings. The summed E-state index contributed by atoms with van der Waals surface area (Å²) >= 11 is 5.95. The summed E-state index contributed by atoms with van der Waals surface area (Å²) in [6, 6.07) is 3.46. The van der Waals surface area contributed by atoms with Crippen LogP contribution >= 0.6 is 11.6 Å². The molecule has 1 aliphatic heterocycles. The van der Waals surface area contributed by atoms with Gasteiger partial charge in [-0.1, -0.05) is 11.6 Å². The Balaban J connectivity index is 0.000000301. The molecular weight excluding hydrogens is 420 g/mol. The zero-order valence-corrected chi connectivity index (χ0v) is 18.7. The molecule has 1 amide bonds. The average Bonchev–Trinajstić information content (AvgIpc) is 2.58. The van der Waals surface area contributed by atoms with Gasteiger partial charge in [0.15, 0.2) is 11.5 Å². The topological polar surface area (TPSA) is 125 Å². The fraction of sp³-hybridized carbons (Fsp3) is 0.579. The van der Waals surface area contributed by atoms with Gasteiger partial charge in [0.05, 0.1) is 0 Å². The molecule has 0 aliphatic carbocycles. The second kappa shape index (κ2) is 11.1. The molecule has 3 N–H and O–H groups in total. The van der Waals surface area contributed by atoms with Gasteiger partial charge in [-0.25, -0.2) is 15.1 Å². The van der Waals surface area contributed by atoms with Crippen molar-refractivity contribution in [3.8, 4) is 11.5 Å². The third-order valence-electron chi connectivity index (χ3n) is 2.99. The first kappa shape index (κ1) is 25.6. The van der Waals surface area contributed by atoms with Crippen LogP contribution in [-0.2, 0) is 20.9 Å². The Hall–Kier alpha value is -2.43. The monoisotopic (exact) mass is 448 g/mol. The number of benzene rings is 1. The number of ether oxygens (including phenoxy) is 4. The van der Waals surface area contributed by atoms with Crippen LogP contribution in [0.2, 0.25) is 5.02 Å². The number of fused-ring (bicyclic) bond motifs is 1. The second-order valence-electron chi connectivity index (χ2n) is 8.09.